The fraction of sp³-hybridized carbons (Fsp3) is 0.714. The van der Waals surface area contributed by atoms with Crippen LogP contribution in [0.4, 0.5) is 0 Å². The van der Waals surface area contributed by atoms with E-state index < -0.39 is 10.0 Å². The van der Waals surface area contributed by atoms with Gasteiger partial charge in [-0.05, 0) is 50.2 Å². The number of aliphatic hydroxyl groups is 1. The van der Waals surface area contributed by atoms with Crippen molar-refractivity contribution in [3.8, 4) is 0 Å². The van der Waals surface area contributed by atoms with E-state index in [0.29, 0.717) is 31.3 Å². The van der Waals surface area contributed by atoms with E-state index in [2.05, 4.69) is 10.0 Å². The quantitative estimate of drug-likeness (QED) is 0.697. The molecule has 0 saturated heterocycles. The number of hydrogen-bond acceptors (Lipinski definition) is 5. The molecule has 6 nitrogen and oxygen atoms in total. The van der Waals surface area contributed by atoms with Crippen LogP contribution in [-0.4, -0.2) is 32.2 Å². The molecular formula is C14H22N2O4S. The van der Waals surface area contributed by atoms with Gasteiger partial charge in [-0.1, -0.05) is 0 Å². The van der Waals surface area contributed by atoms with E-state index >= 15 is 0 Å². The van der Waals surface area contributed by atoms with Gasteiger partial charge < -0.3 is 14.8 Å². The highest BCUT2D eigenvalue weighted by molar-refractivity contribution is 7.89. The number of furan rings is 1. The Hall–Kier alpha value is -0.890. The third-order valence-corrected chi connectivity index (χ3v) is 5.42. The lowest BCUT2D eigenvalue weighted by Crippen LogP contribution is -2.28. The zero-order valence-corrected chi connectivity index (χ0v) is 12.7. The van der Waals surface area contributed by atoms with E-state index in [1.165, 1.54) is 18.9 Å². The SMILES string of the molecule is O=S(=O)(NCC1CCC(O)C1)c1ccc(CNC2CC2)o1. The minimum Gasteiger partial charge on any atom is -0.447 e. The van der Waals surface area contributed by atoms with Gasteiger partial charge in [0.15, 0.2) is 0 Å². The van der Waals surface area contributed by atoms with Gasteiger partial charge in [-0.2, -0.15) is 0 Å². The summed E-state index contributed by atoms with van der Waals surface area (Å²) < 4.78 is 32.3. The molecule has 2 unspecified atom stereocenters. The summed E-state index contributed by atoms with van der Waals surface area (Å²) in [6, 6.07) is 3.75. The van der Waals surface area contributed by atoms with E-state index in [-0.39, 0.29) is 17.1 Å². The van der Waals surface area contributed by atoms with E-state index in [9.17, 15) is 13.5 Å². The van der Waals surface area contributed by atoms with Crippen molar-refractivity contribution in [1.82, 2.24) is 10.0 Å². The van der Waals surface area contributed by atoms with Crippen molar-refractivity contribution in [1.29, 1.82) is 0 Å². The molecule has 2 atom stereocenters. The van der Waals surface area contributed by atoms with Gasteiger partial charge in [0.05, 0.1) is 12.6 Å². The molecule has 0 bridgehead atoms. The normalized spacial score (nSPS) is 26.3. The fourth-order valence-corrected chi connectivity index (χ4v) is 3.72. The molecule has 118 valence electrons. The van der Waals surface area contributed by atoms with Crippen LogP contribution in [0, 0.1) is 5.92 Å². The zero-order chi connectivity index (χ0) is 14.9. The Morgan fingerprint density at radius 1 is 1.24 bits per heavy atom. The molecule has 0 spiro atoms. The van der Waals surface area contributed by atoms with Crippen LogP contribution in [0.1, 0.15) is 37.9 Å². The Balaban J connectivity index is 1.53. The summed E-state index contributed by atoms with van der Waals surface area (Å²) in [5.74, 6) is 0.847. The number of hydrogen-bond donors (Lipinski definition) is 3. The van der Waals surface area contributed by atoms with Crippen LogP contribution in [0.15, 0.2) is 21.6 Å². The van der Waals surface area contributed by atoms with E-state index in [0.717, 1.165) is 12.8 Å². The van der Waals surface area contributed by atoms with Gasteiger partial charge >= 0.3 is 0 Å². The van der Waals surface area contributed by atoms with E-state index in [4.69, 9.17) is 4.42 Å². The van der Waals surface area contributed by atoms with Crippen LogP contribution in [0.25, 0.3) is 0 Å². The van der Waals surface area contributed by atoms with Crippen molar-refractivity contribution >= 4 is 10.0 Å². The lowest BCUT2D eigenvalue weighted by Gasteiger charge is -2.10. The van der Waals surface area contributed by atoms with Gasteiger partial charge in [0.1, 0.15) is 5.76 Å². The van der Waals surface area contributed by atoms with E-state index in [1.807, 2.05) is 0 Å². The predicted molar refractivity (Wildman–Crippen MR) is 77.1 cm³/mol. The van der Waals surface area contributed by atoms with Crippen molar-refractivity contribution in [3.63, 3.8) is 0 Å². The van der Waals surface area contributed by atoms with Gasteiger partial charge in [0.2, 0.25) is 5.09 Å². The molecule has 3 rings (SSSR count). The third-order valence-electron chi connectivity index (χ3n) is 4.12. The first-order chi connectivity index (χ1) is 10.0. The molecule has 21 heavy (non-hydrogen) atoms. The summed E-state index contributed by atoms with van der Waals surface area (Å²) in [4.78, 5) is 0. The topological polar surface area (TPSA) is 91.6 Å². The van der Waals surface area contributed by atoms with Gasteiger partial charge in [-0.15, -0.1) is 0 Å². The van der Waals surface area contributed by atoms with Crippen LogP contribution in [-0.2, 0) is 16.6 Å². The summed E-state index contributed by atoms with van der Waals surface area (Å²) in [5, 5.41) is 12.7. The molecule has 2 saturated carbocycles. The zero-order valence-electron chi connectivity index (χ0n) is 11.9. The Morgan fingerprint density at radius 3 is 2.71 bits per heavy atom. The monoisotopic (exact) mass is 314 g/mol. The molecule has 0 amide bonds. The molecule has 1 aromatic rings. The van der Waals surface area contributed by atoms with Crippen molar-refractivity contribution in [2.75, 3.05) is 6.54 Å². The second-order valence-corrected chi connectivity index (χ2v) is 7.76. The maximum atomic E-state index is 12.1. The first-order valence-electron chi connectivity index (χ1n) is 7.53. The average Bonchev–Trinajstić information content (AvgIpc) is 2.97. The molecule has 0 aromatic carbocycles. The first kappa shape index (κ1) is 15.0. The molecule has 2 fully saturated rings. The Labute approximate surface area is 125 Å². The lowest BCUT2D eigenvalue weighted by molar-refractivity contribution is 0.178. The predicted octanol–water partition coefficient (Wildman–Crippen LogP) is 0.971. The molecular weight excluding hydrogens is 292 g/mol. The lowest BCUT2D eigenvalue weighted by atomic mass is 10.1. The van der Waals surface area contributed by atoms with Crippen LogP contribution >= 0.6 is 0 Å². The van der Waals surface area contributed by atoms with Crippen molar-refractivity contribution in [3.05, 3.63) is 17.9 Å². The van der Waals surface area contributed by atoms with Crippen LogP contribution in [0.3, 0.4) is 0 Å². The van der Waals surface area contributed by atoms with Crippen LogP contribution < -0.4 is 10.0 Å². The summed E-state index contributed by atoms with van der Waals surface area (Å²) in [6.45, 7) is 0.921. The minimum atomic E-state index is -3.59. The maximum Gasteiger partial charge on any atom is 0.273 e. The van der Waals surface area contributed by atoms with E-state index in [1.54, 1.807) is 6.07 Å². The fourth-order valence-electron chi connectivity index (χ4n) is 2.66. The number of aliphatic hydroxyl groups excluding tert-OH is 1. The second kappa shape index (κ2) is 6.08. The molecule has 0 aliphatic heterocycles. The Kier molecular flexibility index (Phi) is 4.35. The largest absolute Gasteiger partial charge is 0.447 e. The smallest absolute Gasteiger partial charge is 0.273 e. The van der Waals surface area contributed by atoms with Crippen molar-refractivity contribution in [2.45, 2.75) is 55.9 Å². The Bertz CT molecular complexity index is 580. The van der Waals surface area contributed by atoms with Gasteiger partial charge in [0, 0.05) is 12.6 Å². The van der Waals surface area contributed by atoms with Crippen LogP contribution in [0.2, 0.25) is 0 Å². The molecule has 1 heterocycles. The highest BCUT2D eigenvalue weighted by Crippen LogP contribution is 2.25. The summed E-state index contributed by atoms with van der Waals surface area (Å²) >= 11 is 0. The highest BCUT2D eigenvalue weighted by Gasteiger charge is 2.26. The molecule has 3 N–H and O–H groups in total. The summed E-state index contributed by atoms with van der Waals surface area (Å²) in [5.41, 5.74) is 0. The summed E-state index contributed by atoms with van der Waals surface area (Å²) in [6.07, 6.45) is 4.35. The second-order valence-electron chi connectivity index (χ2n) is 6.06. The molecule has 0 radical (unpaired) electrons. The third kappa shape index (κ3) is 4.06. The van der Waals surface area contributed by atoms with Crippen LogP contribution in [0.5, 0.6) is 0 Å². The van der Waals surface area contributed by atoms with Gasteiger partial charge in [-0.3, -0.25) is 0 Å². The molecule has 1 aromatic heterocycles. The van der Waals surface area contributed by atoms with Crippen molar-refractivity contribution < 1.29 is 17.9 Å². The van der Waals surface area contributed by atoms with Crippen molar-refractivity contribution in [2.24, 2.45) is 5.92 Å². The molecule has 2 aliphatic carbocycles. The number of nitrogens with one attached hydrogen (secondary N) is 2. The average molecular weight is 314 g/mol. The Morgan fingerprint density at radius 2 is 2.05 bits per heavy atom. The first-order valence-corrected chi connectivity index (χ1v) is 9.01. The molecule has 2 aliphatic rings. The summed E-state index contributed by atoms with van der Waals surface area (Å²) in [7, 11) is -3.59. The standard InChI is InChI=1S/C14H22N2O4S/c17-12-4-1-10(7-12)8-16-21(18,19)14-6-5-13(20-14)9-15-11-2-3-11/h5-6,10-12,15-17H,1-4,7-9H2. The highest BCUT2D eigenvalue weighted by atomic mass is 32.2. The number of rotatable bonds is 7. The van der Waals surface area contributed by atoms with Gasteiger partial charge in [-0.25, -0.2) is 13.1 Å². The molecule has 7 heteroatoms. The van der Waals surface area contributed by atoms with Gasteiger partial charge in [0.25, 0.3) is 10.0 Å². The minimum absolute atomic E-state index is 0.0337. The number of sulfonamides is 1. The maximum absolute atomic E-state index is 12.1.